The number of halogens is 1. The predicted octanol–water partition coefficient (Wildman–Crippen LogP) is 3.98. The molecule has 0 fully saturated rings. The third kappa shape index (κ3) is 3.87. The van der Waals surface area contributed by atoms with Gasteiger partial charge in [0.1, 0.15) is 5.66 Å². The second kappa shape index (κ2) is 7.45. The number of Topliss-reactive ketones (excluding diaryl/α,β-unsaturated/α-hetero) is 1. The van der Waals surface area contributed by atoms with Gasteiger partial charge in [0, 0.05) is 22.4 Å². The molecule has 0 amide bonds. The number of carbonyl (C=O) groups excluding carboxylic acids is 1. The number of sulfone groups is 1. The summed E-state index contributed by atoms with van der Waals surface area (Å²) in [6.07, 6.45) is -0.256. The van der Waals surface area contributed by atoms with Gasteiger partial charge in [0.2, 0.25) is 9.84 Å². The molecule has 0 aromatic heterocycles. The van der Waals surface area contributed by atoms with Crippen LogP contribution in [0.1, 0.15) is 11.1 Å². The van der Waals surface area contributed by atoms with E-state index in [4.69, 9.17) is 11.6 Å². The van der Waals surface area contributed by atoms with Gasteiger partial charge < -0.3 is 9.79 Å². The maximum atomic E-state index is 13.0. The molecule has 0 radical (unpaired) electrons. The maximum Gasteiger partial charge on any atom is 0.340 e. The number of carbonyl (C=O) groups is 1. The Morgan fingerprint density at radius 2 is 1.70 bits per heavy atom. The number of allylic oxidation sites excluding steroid dienone is 1. The van der Waals surface area contributed by atoms with E-state index >= 15 is 0 Å². The van der Waals surface area contributed by atoms with Crippen LogP contribution in [-0.2, 0) is 25.6 Å². The number of hydrogen-bond donors (Lipinski definition) is 2. The normalized spacial score (nSPS) is 16.2. The lowest BCUT2D eigenvalue weighted by Crippen LogP contribution is -2.24. The van der Waals surface area contributed by atoms with Gasteiger partial charge >= 0.3 is 7.60 Å². The molecule has 9 heteroatoms. The second-order valence-electron chi connectivity index (χ2n) is 7.07. The van der Waals surface area contributed by atoms with E-state index in [9.17, 15) is 27.6 Å². The summed E-state index contributed by atoms with van der Waals surface area (Å²) >= 11 is 5.96. The van der Waals surface area contributed by atoms with E-state index in [-0.39, 0.29) is 27.5 Å². The first-order valence-electron chi connectivity index (χ1n) is 8.88. The Morgan fingerprint density at radius 3 is 2.40 bits per heavy atom. The Morgan fingerprint density at radius 1 is 1.00 bits per heavy atom. The van der Waals surface area contributed by atoms with Crippen molar-refractivity contribution in [2.45, 2.75) is 17.0 Å². The number of benzene rings is 3. The highest BCUT2D eigenvalue weighted by atomic mass is 35.5. The van der Waals surface area contributed by atoms with Crippen LogP contribution in [0.3, 0.4) is 0 Å². The predicted molar refractivity (Wildman–Crippen MR) is 115 cm³/mol. The molecule has 0 bridgehead atoms. The Bertz CT molecular complexity index is 1370. The number of ketones is 1. The highest BCUT2D eigenvalue weighted by molar-refractivity contribution is 7.95. The van der Waals surface area contributed by atoms with E-state index in [1.807, 2.05) is 30.3 Å². The summed E-state index contributed by atoms with van der Waals surface area (Å²) in [6, 6.07) is 16.8. The lowest BCUT2D eigenvalue weighted by Gasteiger charge is -2.19. The molecule has 1 unspecified atom stereocenters. The van der Waals surface area contributed by atoms with Crippen LogP contribution in [0.4, 0.5) is 0 Å². The lowest BCUT2D eigenvalue weighted by atomic mass is 9.97. The summed E-state index contributed by atoms with van der Waals surface area (Å²) < 4.78 is 37.2. The molecule has 1 aliphatic rings. The minimum atomic E-state index is -5.02. The Balaban J connectivity index is 1.76. The van der Waals surface area contributed by atoms with Crippen molar-refractivity contribution in [3.05, 3.63) is 82.2 Å². The summed E-state index contributed by atoms with van der Waals surface area (Å²) in [7, 11) is -8.95. The van der Waals surface area contributed by atoms with Crippen molar-refractivity contribution in [3.63, 3.8) is 0 Å². The average molecular weight is 463 g/mol. The third-order valence-corrected chi connectivity index (χ3v) is 7.98. The molecular weight excluding hydrogens is 447 g/mol. The van der Waals surface area contributed by atoms with E-state index in [0.717, 1.165) is 16.2 Å². The van der Waals surface area contributed by atoms with Crippen molar-refractivity contribution in [2.75, 3.05) is 0 Å². The van der Waals surface area contributed by atoms with Crippen molar-refractivity contribution in [1.82, 2.24) is 0 Å². The summed E-state index contributed by atoms with van der Waals surface area (Å²) in [4.78, 5) is 32.8. The molecule has 0 aliphatic carbocycles. The summed E-state index contributed by atoms with van der Waals surface area (Å²) in [5.41, 5.74) is -1.52. The fraction of sp³-hybridized carbons (Fsp3) is 0.0952. The van der Waals surface area contributed by atoms with Crippen molar-refractivity contribution in [1.29, 1.82) is 0 Å². The minimum Gasteiger partial charge on any atom is -0.324 e. The molecule has 154 valence electrons. The Kier molecular flexibility index (Phi) is 5.21. The highest BCUT2D eigenvalue weighted by Crippen LogP contribution is 2.52. The molecule has 30 heavy (non-hydrogen) atoms. The van der Waals surface area contributed by atoms with Crippen LogP contribution < -0.4 is 0 Å². The SMILES string of the molecule is O=C(Cc1ccc2ccccc2c1)C(C1=CS(=O)(=O)c2ccc(Cl)cc21)P(=O)(O)O. The molecular formula is C21H16ClO6PS. The topological polar surface area (TPSA) is 109 Å². The van der Waals surface area contributed by atoms with Gasteiger partial charge in [0.25, 0.3) is 0 Å². The van der Waals surface area contributed by atoms with E-state index in [1.165, 1.54) is 18.2 Å². The van der Waals surface area contributed by atoms with Gasteiger partial charge in [-0.25, -0.2) is 8.42 Å². The smallest absolute Gasteiger partial charge is 0.324 e. The van der Waals surface area contributed by atoms with Crippen LogP contribution in [0.25, 0.3) is 16.3 Å². The molecule has 3 aromatic carbocycles. The fourth-order valence-corrected chi connectivity index (χ4v) is 6.45. The van der Waals surface area contributed by atoms with Crippen LogP contribution in [0.5, 0.6) is 0 Å². The number of hydrogen-bond acceptors (Lipinski definition) is 4. The zero-order valence-corrected chi connectivity index (χ0v) is 17.9. The quantitative estimate of drug-likeness (QED) is 0.555. The van der Waals surface area contributed by atoms with Crippen molar-refractivity contribution in [2.24, 2.45) is 0 Å². The molecule has 0 saturated carbocycles. The van der Waals surface area contributed by atoms with Crippen LogP contribution in [0.2, 0.25) is 5.02 Å². The lowest BCUT2D eigenvalue weighted by molar-refractivity contribution is -0.117. The largest absolute Gasteiger partial charge is 0.340 e. The first-order chi connectivity index (χ1) is 14.1. The first kappa shape index (κ1) is 21.0. The molecule has 1 aliphatic heterocycles. The Hall–Kier alpha value is -2.28. The van der Waals surface area contributed by atoms with Gasteiger partial charge in [0.05, 0.1) is 4.90 Å². The zero-order valence-electron chi connectivity index (χ0n) is 15.4. The van der Waals surface area contributed by atoms with Crippen LogP contribution in [0, 0.1) is 0 Å². The summed E-state index contributed by atoms with van der Waals surface area (Å²) in [5, 5.41) is 2.81. The molecule has 1 heterocycles. The van der Waals surface area contributed by atoms with Crippen LogP contribution >= 0.6 is 19.2 Å². The summed E-state index contributed by atoms with van der Waals surface area (Å²) in [5.74, 6) is -0.770. The van der Waals surface area contributed by atoms with Gasteiger partial charge in [-0.15, -0.1) is 0 Å². The van der Waals surface area contributed by atoms with Crippen LogP contribution in [0.15, 0.2) is 71.0 Å². The van der Waals surface area contributed by atoms with Crippen molar-refractivity contribution < 1.29 is 27.6 Å². The number of fused-ring (bicyclic) bond motifs is 2. The molecule has 0 saturated heterocycles. The summed E-state index contributed by atoms with van der Waals surface area (Å²) in [6.45, 7) is 0. The second-order valence-corrected chi connectivity index (χ2v) is 11.0. The van der Waals surface area contributed by atoms with E-state index in [2.05, 4.69) is 0 Å². The first-order valence-corrected chi connectivity index (χ1v) is 12.5. The third-order valence-electron chi connectivity index (χ3n) is 4.97. The molecule has 1 atom stereocenters. The molecule has 4 rings (SSSR count). The molecule has 0 spiro atoms. The van der Waals surface area contributed by atoms with Gasteiger partial charge in [-0.2, -0.15) is 0 Å². The highest BCUT2D eigenvalue weighted by Gasteiger charge is 2.43. The van der Waals surface area contributed by atoms with E-state index in [0.29, 0.717) is 5.56 Å². The van der Waals surface area contributed by atoms with Crippen molar-refractivity contribution >= 4 is 51.2 Å². The van der Waals surface area contributed by atoms with Gasteiger partial charge in [0.15, 0.2) is 5.78 Å². The van der Waals surface area contributed by atoms with Crippen LogP contribution in [-0.4, -0.2) is 29.6 Å². The maximum absolute atomic E-state index is 13.0. The van der Waals surface area contributed by atoms with Gasteiger partial charge in [-0.05, 0) is 40.1 Å². The molecule has 3 aromatic rings. The van der Waals surface area contributed by atoms with E-state index < -0.39 is 28.9 Å². The van der Waals surface area contributed by atoms with Gasteiger partial charge in [-0.3, -0.25) is 9.36 Å². The minimum absolute atomic E-state index is 0.0442. The zero-order chi connectivity index (χ0) is 21.7. The molecule has 6 nitrogen and oxygen atoms in total. The standard InChI is InChI=1S/C21H16ClO6PS/c22-16-7-8-20-17(11-16)18(12-30(20,27)28)21(29(24,25)26)19(23)10-13-5-6-14-3-1-2-4-15(14)9-13/h1-9,11-12,21H,10H2,(H2,24,25,26). The monoisotopic (exact) mass is 462 g/mol. The van der Waals surface area contributed by atoms with E-state index in [1.54, 1.807) is 12.1 Å². The van der Waals surface area contributed by atoms with Crippen molar-refractivity contribution in [3.8, 4) is 0 Å². The number of rotatable bonds is 5. The molecule has 2 N–H and O–H groups in total. The van der Waals surface area contributed by atoms with Gasteiger partial charge in [-0.1, -0.05) is 54.1 Å². The average Bonchev–Trinajstić information content (AvgIpc) is 2.90. The Labute approximate surface area is 177 Å². The fourth-order valence-electron chi connectivity index (χ4n) is 3.67.